The van der Waals surface area contributed by atoms with E-state index in [-0.39, 0.29) is 31.0 Å². The van der Waals surface area contributed by atoms with Crippen molar-refractivity contribution in [1.82, 2.24) is 0 Å². The summed E-state index contributed by atoms with van der Waals surface area (Å²) in [6.45, 7) is 0. The third-order valence-electron chi connectivity index (χ3n) is 1.60. The Morgan fingerprint density at radius 2 is 1.06 bits per heavy atom. The van der Waals surface area contributed by atoms with Crippen LogP contribution in [0.5, 0.6) is 11.5 Å². The molecule has 0 amide bonds. The van der Waals surface area contributed by atoms with Crippen molar-refractivity contribution >= 4 is 20.2 Å². The molecule has 0 atom stereocenters. The fraction of sp³-hybridized carbons (Fsp3) is 0. The minimum Gasteiger partial charge on any atom is -1.00 e. The maximum absolute atomic E-state index is 10.8. The molecule has 11 heteroatoms. The minimum absolute atomic E-state index is 0. The molecule has 0 aliphatic rings. The largest absolute Gasteiger partial charge is 1.00 e. The topological polar surface area (TPSA) is 149 Å². The Hall–Kier alpha value is -0.360. The predicted molar refractivity (Wildman–Crippen MR) is 50.5 cm³/mol. The molecule has 0 spiro atoms. The third-order valence-corrected chi connectivity index (χ3v) is 3.51. The molecule has 0 unspecified atom stereocenters. The Bertz CT molecular complexity index is 581. The standard InChI is InChI=1S/C6H6O8S2.Na.H/c7-3-1-5(15(9,10)11)6(2-4(3)8)16(12,13)14;;/h1-2,7-8H,(H,9,10,11)(H,12,13,14);;/q;+1;-1. The Morgan fingerprint density at radius 3 is 1.24 bits per heavy atom. The number of aromatic hydroxyl groups is 2. The minimum atomic E-state index is -4.97. The molecule has 4 N–H and O–H groups in total. The molecule has 0 aromatic heterocycles. The van der Waals surface area contributed by atoms with E-state index in [2.05, 4.69) is 0 Å². The Morgan fingerprint density at radius 1 is 0.824 bits per heavy atom. The molecule has 0 fully saturated rings. The van der Waals surface area contributed by atoms with Gasteiger partial charge in [-0.15, -0.1) is 0 Å². The molecule has 0 radical (unpaired) electrons. The van der Waals surface area contributed by atoms with Gasteiger partial charge in [0.2, 0.25) is 0 Å². The summed E-state index contributed by atoms with van der Waals surface area (Å²) in [4.78, 5) is -2.46. The molecule has 0 aliphatic heterocycles. The first-order valence-corrected chi connectivity index (χ1v) is 6.42. The van der Waals surface area contributed by atoms with Crippen molar-refractivity contribution in [2.75, 3.05) is 0 Å². The molecule has 17 heavy (non-hydrogen) atoms. The van der Waals surface area contributed by atoms with Gasteiger partial charge in [0.25, 0.3) is 20.2 Å². The summed E-state index contributed by atoms with van der Waals surface area (Å²) < 4.78 is 60.3. The van der Waals surface area contributed by atoms with Crippen molar-refractivity contribution in [2.45, 2.75) is 9.79 Å². The first-order valence-electron chi connectivity index (χ1n) is 3.54. The number of rotatable bonds is 2. The molecule has 0 heterocycles. The van der Waals surface area contributed by atoms with Gasteiger partial charge in [-0.25, -0.2) is 0 Å². The second kappa shape index (κ2) is 5.10. The summed E-state index contributed by atoms with van der Waals surface area (Å²) in [6.07, 6.45) is 0. The van der Waals surface area contributed by atoms with Crippen LogP contribution in [-0.2, 0) is 20.2 Å². The Balaban J connectivity index is 0. The summed E-state index contributed by atoms with van der Waals surface area (Å²) in [5, 5.41) is 17.9. The van der Waals surface area contributed by atoms with Crippen molar-refractivity contribution in [1.29, 1.82) is 0 Å². The molecule has 0 aliphatic carbocycles. The zero-order chi connectivity index (χ0) is 12.7. The van der Waals surface area contributed by atoms with E-state index in [4.69, 9.17) is 19.3 Å². The molecular formula is C6H7NaO8S2. The smallest absolute Gasteiger partial charge is 1.00 e. The van der Waals surface area contributed by atoms with Crippen LogP contribution >= 0.6 is 0 Å². The average molecular weight is 294 g/mol. The van der Waals surface area contributed by atoms with E-state index in [9.17, 15) is 16.8 Å². The van der Waals surface area contributed by atoms with Gasteiger partial charge in [-0.1, -0.05) is 0 Å². The molecule has 0 saturated heterocycles. The van der Waals surface area contributed by atoms with Gasteiger partial charge in [0, 0.05) is 12.1 Å². The van der Waals surface area contributed by atoms with Gasteiger partial charge in [-0.2, -0.15) is 16.8 Å². The van der Waals surface area contributed by atoms with Crippen LogP contribution in [-0.4, -0.2) is 36.2 Å². The fourth-order valence-corrected chi connectivity index (χ4v) is 2.72. The number of hydrogen-bond acceptors (Lipinski definition) is 6. The molecule has 92 valence electrons. The van der Waals surface area contributed by atoms with Crippen LogP contribution in [0.3, 0.4) is 0 Å². The first-order chi connectivity index (χ1) is 7.03. The van der Waals surface area contributed by atoms with E-state index < -0.39 is 41.5 Å². The van der Waals surface area contributed by atoms with Gasteiger partial charge in [-0.3, -0.25) is 9.11 Å². The second-order valence-corrected chi connectivity index (χ2v) is 5.52. The third kappa shape index (κ3) is 3.81. The van der Waals surface area contributed by atoms with E-state index in [0.29, 0.717) is 12.1 Å². The van der Waals surface area contributed by atoms with Crippen LogP contribution < -0.4 is 29.6 Å². The Labute approximate surface area is 120 Å². The summed E-state index contributed by atoms with van der Waals surface area (Å²) in [5.41, 5.74) is 0. The molecule has 8 nitrogen and oxygen atoms in total. The van der Waals surface area contributed by atoms with E-state index in [0.717, 1.165) is 0 Å². The average Bonchev–Trinajstić information content (AvgIpc) is 2.05. The van der Waals surface area contributed by atoms with Gasteiger partial charge >= 0.3 is 29.6 Å². The zero-order valence-electron chi connectivity index (χ0n) is 9.39. The summed E-state index contributed by atoms with van der Waals surface area (Å²) in [7, 11) is -9.93. The van der Waals surface area contributed by atoms with Gasteiger partial charge in [0.15, 0.2) is 11.5 Å². The number of phenols is 2. The molecule has 1 rings (SSSR count). The van der Waals surface area contributed by atoms with Crippen molar-refractivity contribution in [3.63, 3.8) is 0 Å². The number of phenolic OH excluding ortho intramolecular Hbond substituents is 2. The predicted octanol–water partition coefficient (Wildman–Crippen LogP) is -3.29. The first kappa shape index (κ1) is 16.6. The van der Waals surface area contributed by atoms with Crippen LogP contribution in [0.2, 0.25) is 0 Å². The molecular weight excluding hydrogens is 287 g/mol. The number of hydrogen-bond donors (Lipinski definition) is 4. The van der Waals surface area contributed by atoms with Gasteiger partial charge in [0.1, 0.15) is 9.79 Å². The second-order valence-electron chi connectivity index (χ2n) is 2.74. The molecule has 0 saturated carbocycles. The maximum Gasteiger partial charge on any atom is 1.00 e. The van der Waals surface area contributed by atoms with Crippen LogP contribution in [0.15, 0.2) is 21.9 Å². The van der Waals surface area contributed by atoms with E-state index in [1.165, 1.54) is 0 Å². The van der Waals surface area contributed by atoms with Crippen LogP contribution in [0, 0.1) is 0 Å². The van der Waals surface area contributed by atoms with Crippen molar-refractivity contribution in [3.05, 3.63) is 12.1 Å². The van der Waals surface area contributed by atoms with Crippen molar-refractivity contribution < 1.29 is 67.1 Å². The zero-order valence-corrected chi connectivity index (χ0v) is 12.0. The van der Waals surface area contributed by atoms with Crippen LogP contribution in [0.1, 0.15) is 1.43 Å². The number of benzene rings is 1. The molecule has 0 bridgehead atoms. The van der Waals surface area contributed by atoms with Crippen LogP contribution in [0.4, 0.5) is 0 Å². The van der Waals surface area contributed by atoms with E-state index >= 15 is 0 Å². The summed E-state index contributed by atoms with van der Waals surface area (Å²) in [6, 6.07) is 0.599. The molecule has 1 aromatic rings. The Kier molecular flexibility index (Phi) is 4.99. The maximum atomic E-state index is 10.8. The van der Waals surface area contributed by atoms with Gasteiger partial charge < -0.3 is 11.6 Å². The SMILES string of the molecule is O=S(=O)(O)c1cc(O)c(O)cc1S(=O)(=O)O.[H-].[Na+]. The van der Waals surface area contributed by atoms with Gasteiger partial charge in [-0.05, 0) is 0 Å². The summed E-state index contributed by atoms with van der Waals surface area (Å²) >= 11 is 0. The van der Waals surface area contributed by atoms with E-state index in [1.54, 1.807) is 0 Å². The van der Waals surface area contributed by atoms with Crippen molar-refractivity contribution in [2.24, 2.45) is 0 Å². The quantitative estimate of drug-likeness (QED) is 0.252. The van der Waals surface area contributed by atoms with Gasteiger partial charge in [0.05, 0.1) is 0 Å². The molecule has 1 aromatic carbocycles. The fourth-order valence-electron chi connectivity index (χ4n) is 0.942. The van der Waals surface area contributed by atoms with E-state index in [1.807, 2.05) is 0 Å². The summed E-state index contributed by atoms with van der Waals surface area (Å²) in [5.74, 6) is -1.92. The normalized spacial score (nSPS) is 11.9. The van der Waals surface area contributed by atoms with Crippen molar-refractivity contribution in [3.8, 4) is 11.5 Å². The van der Waals surface area contributed by atoms with Crippen LogP contribution in [0.25, 0.3) is 0 Å². The monoisotopic (exact) mass is 294 g/mol.